The molecule has 0 saturated carbocycles. The second-order valence-corrected chi connectivity index (χ2v) is 7.70. The lowest BCUT2D eigenvalue weighted by atomic mass is 9.77. The van der Waals surface area contributed by atoms with E-state index in [0.717, 1.165) is 5.56 Å². The molecule has 0 aromatic heterocycles. The molecule has 2 amide bonds. The number of carbonyl (C=O) groups excluding carboxylic acids is 2. The van der Waals surface area contributed by atoms with Gasteiger partial charge in [0.2, 0.25) is 0 Å². The summed E-state index contributed by atoms with van der Waals surface area (Å²) in [5, 5.41) is 13.8. The summed E-state index contributed by atoms with van der Waals surface area (Å²) in [5.74, 6) is -1.17. The van der Waals surface area contributed by atoms with E-state index in [9.17, 15) is 19.7 Å². The van der Waals surface area contributed by atoms with Crippen LogP contribution in [0.5, 0.6) is 0 Å². The Hall–Kier alpha value is -4.26. The van der Waals surface area contributed by atoms with Crippen molar-refractivity contribution in [1.29, 1.82) is 0 Å². The first-order valence-corrected chi connectivity index (χ1v) is 10.1. The summed E-state index contributed by atoms with van der Waals surface area (Å²) in [6, 6.07) is 24.0. The molecule has 4 rings (SSSR count). The fraction of sp³-hybridized carbons (Fsp3) is 0.120. The van der Waals surface area contributed by atoms with Crippen molar-refractivity contribution in [3.05, 3.63) is 118 Å². The Morgan fingerprint density at radius 2 is 1.56 bits per heavy atom. The van der Waals surface area contributed by atoms with E-state index in [-0.39, 0.29) is 17.2 Å². The van der Waals surface area contributed by atoms with Crippen molar-refractivity contribution in [2.45, 2.75) is 18.4 Å². The summed E-state index contributed by atoms with van der Waals surface area (Å²) in [7, 11) is 0. The second kappa shape index (κ2) is 8.47. The third-order valence-electron chi connectivity index (χ3n) is 5.62. The highest BCUT2D eigenvalue weighted by Crippen LogP contribution is 2.37. The lowest BCUT2D eigenvalue weighted by Crippen LogP contribution is -2.61. The maximum absolute atomic E-state index is 13.7. The molecule has 7 heteroatoms. The van der Waals surface area contributed by atoms with Crippen LogP contribution in [0, 0.1) is 10.1 Å². The van der Waals surface area contributed by atoms with Crippen LogP contribution in [0.25, 0.3) is 0 Å². The van der Waals surface area contributed by atoms with Crippen LogP contribution >= 0.6 is 0 Å². The maximum Gasteiger partial charge on any atom is 0.269 e. The summed E-state index contributed by atoms with van der Waals surface area (Å²) < 4.78 is 0. The summed E-state index contributed by atoms with van der Waals surface area (Å²) in [5.41, 5.74) is 0.414. The van der Waals surface area contributed by atoms with Gasteiger partial charge in [-0.05, 0) is 36.8 Å². The number of nitro groups is 1. The Balaban J connectivity index is 1.72. The van der Waals surface area contributed by atoms with Gasteiger partial charge < -0.3 is 5.32 Å². The number of rotatable bonds is 5. The number of benzene rings is 3. The zero-order valence-corrected chi connectivity index (χ0v) is 17.3. The van der Waals surface area contributed by atoms with Crippen LogP contribution in [0.3, 0.4) is 0 Å². The van der Waals surface area contributed by atoms with Crippen LogP contribution < -0.4 is 10.2 Å². The van der Waals surface area contributed by atoms with E-state index in [1.54, 1.807) is 13.1 Å². The number of hydrogen-bond donors (Lipinski definition) is 1. The standard InChI is InChI=1S/C25H21N3O4/c1-25(26-23(29)19-12-14-21(15-13-19)28(31)32)22(18-8-4-2-5-9-18)16-17-27(24(25)30)20-10-6-3-7-11-20/h2-17,22H,1H3,(H,26,29). The minimum Gasteiger partial charge on any atom is -0.337 e. The smallest absolute Gasteiger partial charge is 0.269 e. The zero-order valence-electron chi connectivity index (χ0n) is 17.3. The molecule has 0 saturated heterocycles. The molecule has 2 atom stereocenters. The molecule has 7 nitrogen and oxygen atoms in total. The summed E-state index contributed by atoms with van der Waals surface area (Å²) in [6.45, 7) is 1.70. The molecule has 32 heavy (non-hydrogen) atoms. The molecule has 0 bridgehead atoms. The van der Waals surface area contributed by atoms with Gasteiger partial charge in [-0.3, -0.25) is 24.6 Å². The minimum atomic E-state index is -1.29. The van der Waals surface area contributed by atoms with Gasteiger partial charge in [0.05, 0.1) is 4.92 Å². The number of para-hydroxylation sites is 1. The molecule has 0 aliphatic carbocycles. The van der Waals surface area contributed by atoms with Crippen molar-refractivity contribution in [1.82, 2.24) is 5.32 Å². The molecule has 2 unspecified atom stereocenters. The van der Waals surface area contributed by atoms with Crippen LogP contribution in [-0.2, 0) is 4.79 Å². The van der Waals surface area contributed by atoms with Gasteiger partial charge in [0.15, 0.2) is 0 Å². The van der Waals surface area contributed by atoms with Gasteiger partial charge in [-0.1, -0.05) is 54.6 Å². The average Bonchev–Trinajstić information content (AvgIpc) is 2.82. The van der Waals surface area contributed by atoms with Crippen molar-refractivity contribution in [3.63, 3.8) is 0 Å². The maximum atomic E-state index is 13.7. The van der Waals surface area contributed by atoms with Gasteiger partial charge >= 0.3 is 0 Å². The first-order chi connectivity index (χ1) is 15.4. The van der Waals surface area contributed by atoms with Crippen LogP contribution in [0.4, 0.5) is 11.4 Å². The highest BCUT2D eigenvalue weighted by molar-refractivity contribution is 6.07. The molecule has 3 aromatic carbocycles. The molecule has 1 aliphatic rings. The molecular weight excluding hydrogens is 406 g/mol. The van der Waals surface area contributed by atoms with Gasteiger partial charge in [0.1, 0.15) is 5.54 Å². The molecule has 1 aliphatic heterocycles. The van der Waals surface area contributed by atoms with E-state index in [1.165, 1.54) is 29.2 Å². The summed E-state index contributed by atoms with van der Waals surface area (Å²) >= 11 is 0. The second-order valence-electron chi connectivity index (χ2n) is 7.70. The number of amides is 2. The van der Waals surface area contributed by atoms with Crippen molar-refractivity contribution in [2.75, 3.05) is 4.90 Å². The predicted molar refractivity (Wildman–Crippen MR) is 121 cm³/mol. The number of anilines is 1. The van der Waals surface area contributed by atoms with E-state index in [2.05, 4.69) is 5.32 Å². The number of non-ortho nitro benzene ring substituents is 1. The predicted octanol–water partition coefficient (Wildman–Crippen LogP) is 4.43. The Labute approximate surface area is 185 Å². The van der Waals surface area contributed by atoms with E-state index in [0.29, 0.717) is 5.69 Å². The molecule has 1 N–H and O–H groups in total. The molecule has 0 fully saturated rings. The van der Waals surface area contributed by atoms with Gasteiger partial charge in [0.25, 0.3) is 17.5 Å². The van der Waals surface area contributed by atoms with Gasteiger partial charge in [-0.15, -0.1) is 0 Å². The third-order valence-corrected chi connectivity index (χ3v) is 5.62. The minimum absolute atomic E-state index is 0.109. The SMILES string of the molecule is CC1(NC(=O)c2ccc([N+](=O)[O-])cc2)C(=O)N(c2ccccc2)C=CC1c1ccccc1. The molecule has 0 radical (unpaired) electrons. The lowest BCUT2D eigenvalue weighted by molar-refractivity contribution is -0.384. The van der Waals surface area contributed by atoms with Crippen molar-refractivity contribution in [3.8, 4) is 0 Å². The van der Waals surface area contributed by atoms with Crippen molar-refractivity contribution < 1.29 is 14.5 Å². The Morgan fingerprint density at radius 3 is 2.16 bits per heavy atom. The Kier molecular flexibility index (Phi) is 5.55. The van der Waals surface area contributed by atoms with Crippen LogP contribution in [-0.4, -0.2) is 22.3 Å². The number of nitrogens with zero attached hydrogens (tertiary/aromatic N) is 2. The van der Waals surface area contributed by atoms with E-state index >= 15 is 0 Å². The van der Waals surface area contributed by atoms with Crippen LogP contribution in [0.15, 0.2) is 97.2 Å². The zero-order chi connectivity index (χ0) is 22.7. The lowest BCUT2D eigenvalue weighted by Gasteiger charge is -2.42. The first kappa shape index (κ1) is 21.0. The summed E-state index contributed by atoms with van der Waals surface area (Å²) in [6.07, 6.45) is 3.63. The summed E-state index contributed by atoms with van der Waals surface area (Å²) in [4.78, 5) is 38.7. The van der Waals surface area contributed by atoms with Crippen LogP contribution in [0.1, 0.15) is 28.8 Å². The number of nitro benzene ring substituents is 1. The van der Waals surface area contributed by atoms with Crippen molar-refractivity contribution >= 4 is 23.2 Å². The highest BCUT2D eigenvalue weighted by atomic mass is 16.6. The number of carbonyl (C=O) groups is 2. The Morgan fingerprint density at radius 1 is 0.969 bits per heavy atom. The molecular formula is C25H21N3O4. The third kappa shape index (κ3) is 3.88. The number of nitrogens with one attached hydrogen (secondary N) is 1. The quantitative estimate of drug-likeness (QED) is 0.482. The molecule has 3 aromatic rings. The van der Waals surface area contributed by atoms with Gasteiger partial charge in [0, 0.05) is 35.5 Å². The molecule has 0 spiro atoms. The average molecular weight is 427 g/mol. The fourth-order valence-electron chi connectivity index (χ4n) is 3.89. The largest absolute Gasteiger partial charge is 0.337 e. The van der Waals surface area contributed by atoms with E-state index in [1.807, 2.05) is 66.7 Å². The fourth-order valence-corrected chi connectivity index (χ4v) is 3.89. The topological polar surface area (TPSA) is 92.5 Å². The van der Waals surface area contributed by atoms with E-state index in [4.69, 9.17) is 0 Å². The molecule has 1 heterocycles. The molecule has 160 valence electrons. The van der Waals surface area contributed by atoms with Crippen molar-refractivity contribution in [2.24, 2.45) is 0 Å². The normalized spacial score (nSPS) is 20.1. The number of hydrogen-bond acceptors (Lipinski definition) is 4. The van der Waals surface area contributed by atoms with Crippen LogP contribution in [0.2, 0.25) is 0 Å². The van der Waals surface area contributed by atoms with E-state index < -0.39 is 22.3 Å². The highest BCUT2D eigenvalue weighted by Gasteiger charge is 2.47. The van der Waals surface area contributed by atoms with Gasteiger partial charge in [-0.25, -0.2) is 0 Å². The monoisotopic (exact) mass is 427 g/mol. The first-order valence-electron chi connectivity index (χ1n) is 10.1. The Bertz CT molecular complexity index is 1180. The van der Waals surface area contributed by atoms with Gasteiger partial charge in [-0.2, -0.15) is 0 Å².